The minimum Gasteiger partial charge on any atom is -0.315 e. The molecule has 0 aliphatic carbocycles. The van der Waals surface area contributed by atoms with Crippen molar-refractivity contribution in [2.75, 3.05) is 19.6 Å². The topological polar surface area (TPSA) is 24.4 Å². The van der Waals surface area contributed by atoms with Gasteiger partial charge in [0.1, 0.15) is 0 Å². The zero-order valence-electron chi connectivity index (χ0n) is 7.51. The molecule has 0 spiro atoms. The Bertz CT molecular complexity index is 117. The number of nitrogens with zero attached hydrogens (tertiary/aromatic N) is 1. The Kier molecular flexibility index (Phi) is 8.83. The van der Waals surface area contributed by atoms with Crippen molar-refractivity contribution in [3.05, 3.63) is 12.2 Å². The van der Waals surface area contributed by atoms with E-state index in [0.29, 0.717) is 0 Å². The molecule has 0 unspecified atom stereocenters. The predicted molar refractivity (Wildman–Crippen MR) is 51.3 cm³/mol. The van der Waals surface area contributed by atoms with E-state index in [1.165, 1.54) is 0 Å². The Hall–Kier alpha value is -0.630. The summed E-state index contributed by atoms with van der Waals surface area (Å²) >= 11 is 0. The maximum absolute atomic E-state index is 4.17. The number of hydrogen-bond acceptors (Lipinski definition) is 2. The van der Waals surface area contributed by atoms with Gasteiger partial charge in [0.2, 0.25) is 0 Å². The van der Waals surface area contributed by atoms with E-state index in [1.807, 2.05) is 12.3 Å². The second kappa shape index (κ2) is 9.37. The molecule has 2 heteroatoms. The first-order valence-electron chi connectivity index (χ1n) is 4.27. The van der Waals surface area contributed by atoms with Crippen molar-refractivity contribution in [2.24, 2.45) is 4.99 Å². The first-order valence-corrected chi connectivity index (χ1v) is 4.27. The SMILES string of the molecule is CC/C=C\C=N/CCNCC. The van der Waals surface area contributed by atoms with Gasteiger partial charge in [-0.3, -0.25) is 4.99 Å². The van der Waals surface area contributed by atoms with Gasteiger partial charge in [-0.1, -0.05) is 19.9 Å². The van der Waals surface area contributed by atoms with Gasteiger partial charge >= 0.3 is 0 Å². The van der Waals surface area contributed by atoms with Gasteiger partial charge < -0.3 is 5.32 Å². The maximum Gasteiger partial charge on any atom is 0.0514 e. The van der Waals surface area contributed by atoms with Crippen LogP contribution in [0.4, 0.5) is 0 Å². The van der Waals surface area contributed by atoms with E-state index in [0.717, 1.165) is 26.1 Å². The summed E-state index contributed by atoms with van der Waals surface area (Å²) in [5.41, 5.74) is 0. The van der Waals surface area contributed by atoms with Gasteiger partial charge in [-0.25, -0.2) is 0 Å². The zero-order chi connectivity index (χ0) is 8.36. The quantitative estimate of drug-likeness (QED) is 0.456. The van der Waals surface area contributed by atoms with E-state index in [-0.39, 0.29) is 0 Å². The molecule has 0 bridgehead atoms. The second-order valence-corrected chi connectivity index (χ2v) is 2.25. The molecule has 2 nitrogen and oxygen atoms in total. The third-order valence-electron chi connectivity index (χ3n) is 1.23. The maximum atomic E-state index is 4.17. The van der Waals surface area contributed by atoms with Crippen LogP contribution in [0, 0.1) is 0 Å². The van der Waals surface area contributed by atoms with Crippen LogP contribution in [0.1, 0.15) is 20.3 Å². The highest BCUT2D eigenvalue weighted by Crippen LogP contribution is 1.76. The van der Waals surface area contributed by atoms with Gasteiger partial charge in [0.25, 0.3) is 0 Å². The van der Waals surface area contributed by atoms with E-state index in [1.54, 1.807) is 0 Å². The number of allylic oxidation sites excluding steroid dienone is 2. The molecule has 0 aromatic carbocycles. The first kappa shape index (κ1) is 10.4. The van der Waals surface area contributed by atoms with Crippen LogP contribution < -0.4 is 5.32 Å². The lowest BCUT2D eigenvalue weighted by Gasteiger charge is -1.93. The third kappa shape index (κ3) is 9.37. The molecule has 11 heavy (non-hydrogen) atoms. The van der Waals surface area contributed by atoms with E-state index >= 15 is 0 Å². The Balaban J connectivity index is 3.09. The van der Waals surface area contributed by atoms with Gasteiger partial charge in [-0.2, -0.15) is 0 Å². The van der Waals surface area contributed by atoms with Crippen molar-refractivity contribution in [1.29, 1.82) is 0 Å². The molecule has 0 heterocycles. The number of rotatable bonds is 6. The fourth-order valence-electron chi connectivity index (χ4n) is 0.653. The molecule has 0 aromatic rings. The summed E-state index contributed by atoms with van der Waals surface area (Å²) in [5, 5.41) is 3.20. The van der Waals surface area contributed by atoms with Crippen molar-refractivity contribution in [3.8, 4) is 0 Å². The lowest BCUT2D eigenvalue weighted by molar-refractivity contribution is 0.727. The monoisotopic (exact) mass is 154 g/mol. The summed E-state index contributed by atoms with van der Waals surface area (Å²) in [7, 11) is 0. The zero-order valence-corrected chi connectivity index (χ0v) is 7.51. The smallest absolute Gasteiger partial charge is 0.0514 e. The minimum absolute atomic E-state index is 0.877. The molecule has 0 aliphatic rings. The summed E-state index contributed by atoms with van der Waals surface area (Å²) < 4.78 is 0. The summed E-state index contributed by atoms with van der Waals surface area (Å²) in [6.07, 6.45) is 7.03. The molecule has 64 valence electrons. The molecule has 0 radical (unpaired) electrons. The van der Waals surface area contributed by atoms with Crippen LogP contribution in [0.2, 0.25) is 0 Å². The van der Waals surface area contributed by atoms with Crippen molar-refractivity contribution < 1.29 is 0 Å². The lowest BCUT2D eigenvalue weighted by atomic mass is 10.4. The van der Waals surface area contributed by atoms with Crippen LogP contribution in [0.3, 0.4) is 0 Å². The Labute approximate surface area is 69.4 Å². The summed E-state index contributed by atoms with van der Waals surface area (Å²) in [5.74, 6) is 0. The number of aliphatic imine (C=N–C) groups is 1. The Morgan fingerprint density at radius 3 is 2.82 bits per heavy atom. The van der Waals surface area contributed by atoms with Gasteiger partial charge in [-0.05, 0) is 19.0 Å². The highest BCUT2D eigenvalue weighted by molar-refractivity contribution is 5.70. The van der Waals surface area contributed by atoms with E-state index in [9.17, 15) is 0 Å². The van der Waals surface area contributed by atoms with Crippen LogP contribution in [-0.2, 0) is 0 Å². The molecule has 0 rings (SSSR count). The van der Waals surface area contributed by atoms with Crippen LogP contribution in [0.25, 0.3) is 0 Å². The molecule has 0 atom stereocenters. The van der Waals surface area contributed by atoms with E-state index < -0.39 is 0 Å². The van der Waals surface area contributed by atoms with Crippen molar-refractivity contribution in [1.82, 2.24) is 5.32 Å². The molecule has 0 aliphatic heterocycles. The fourth-order valence-corrected chi connectivity index (χ4v) is 0.653. The predicted octanol–water partition coefficient (Wildman–Crippen LogP) is 1.63. The van der Waals surface area contributed by atoms with Crippen LogP contribution >= 0.6 is 0 Å². The fraction of sp³-hybridized carbons (Fsp3) is 0.667. The van der Waals surface area contributed by atoms with Crippen molar-refractivity contribution >= 4 is 6.21 Å². The minimum atomic E-state index is 0.877. The van der Waals surface area contributed by atoms with Crippen molar-refractivity contribution in [2.45, 2.75) is 20.3 Å². The number of nitrogens with one attached hydrogen (secondary N) is 1. The standard InChI is InChI=1S/C9H18N2/c1-3-5-6-7-11-9-8-10-4-2/h5-7,10H,3-4,8-9H2,1-2H3/b6-5-,11-7-. The van der Waals surface area contributed by atoms with Crippen LogP contribution in [0.15, 0.2) is 17.1 Å². The van der Waals surface area contributed by atoms with Crippen LogP contribution in [-0.4, -0.2) is 25.8 Å². The molecule has 0 saturated carbocycles. The number of likely N-dealkylation sites (N-methyl/N-ethyl adjacent to an activating group) is 1. The normalized spacial score (nSPS) is 11.8. The largest absolute Gasteiger partial charge is 0.315 e. The second-order valence-electron chi connectivity index (χ2n) is 2.25. The number of hydrogen-bond donors (Lipinski definition) is 1. The Morgan fingerprint density at radius 1 is 1.36 bits per heavy atom. The molecule has 0 amide bonds. The molecule has 1 N–H and O–H groups in total. The average molecular weight is 154 g/mol. The molecule has 0 saturated heterocycles. The van der Waals surface area contributed by atoms with Gasteiger partial charge in [0, 0.05) is 12.8 Å². The average Bonchev–Trinajstić information content (AvgIpc) is 2.03. The highest BCUT2D eigenvalue weighted by atomic mass is 14.9. The molecular weight excluding hydrogens is 136 g/mol. The first-order chi connectivity index (χ1) is 5.41. The summed E-state index contributed by atoms with van der Waals surface area (Å²) in [4.78, 5) is 4.17. The lowest BCUT2D eigenvalue weighted by Crippen LogP contribution is -2.16. The molecule has 0 aromatic heterocycles. The third-order valence-corrected chi connectivity index (χ3v) is 1.23. The van der Waals surface area contributed by atoms with E-state index in [4.69, 9.17) is 0 Å². The molecule has 0 fully saturated rings. The van der Waals surface area contributed by atoms with Crippen LogP contribution in [0.5, 0.6) is 0 Å². The Morgan fingerprint density at radius 2 is 2.18 bits per heavy atom. The van der Waals surface area contributed by atoms with E-state index in [2.05, 4.69) is 30.2 Å². The van der Waals surface area contributed by atoms with Gasteiger partial charge in [0.05, 0.1) is 6.54 Å². The highest BCUT2D eigenvalue weighted by Gasteiger charge is 1.76. The van der Waals surface area contributed by atoms with Crippen molar-refractivity contribution in [3.63, 3.8) is 0 Å². The van der Waals surface area contributed by atoms with Gasteiger partial charge in [0.15, 0.2) is 0 Å². The summed E-state index contributed by atoms with van der Waals surface area (Å²) in [6.45, 7) is 7.10. The summed E-state index contributed by atoms with van der Waals surface area (Å²) in [6, 6.07) is 0. The molecular formula is C9H18N2. The van der Waals surface area contributed by atoms with Gasteiger partial charge in [-0.15, -0.1) is 0 Å².